The van der Waals surface area contributed by atoms with Crippen molar-refractivity contribution in [1.29, 1.82) is 0 Å². The van der Waals surface area contributed by atoms with Crippen molar-refractivity contribution in [2.45, 2.75) is 33.7 Å². The number of nitrogens with one attached hydrogen (secondary N) is 1. The molecule has 2 aromatic heterocycles. The lowest BCUT2D eigenvalue weighted by atomic mass is 10.2. The van der Waals surface area contributed by atoms with Gasteiger partial charge in [-0.1, -0.05) is 16.8 Å². The number of rotatable bonds is 3. The van der Waals surface area contributed by atoms with E-state index in [0.717, 1.165) is 0 Å². The lowest BCUT2D eigenvalue weighted by Crippen LogP contribution is -2.24. The second-order valence-corrected chi connectivity index (χ2v) is 4.81. The van der Waals surface area contributed by atoms with Gasteiger partial charge in [0.1, 0.15) is 17.4 Å². The Bertz CT molecular complexity index is 578. The van der Waals surface area contributed by atoms with E-state index in [1.807, 2.05) is 0 Å². The molecule has 0 aliphatic carbocycles. The van der Waals surface area contributed by atoms with E-state index in [1.54, 1.807) is 33.9 Å². The molecule has 0 aromatic carbocycles. The molecule has 0 aliphatic rings. The Kier molecular flexibility index (Phi) is 3.61. The number of amides is 1. The number of carbonyl (C=O) groups excluding carboxylic acids is 1. The van der Waals surface area contributed by atoms with E-state index in [9.17, 15) is 4.79 Å². The molecule has 1 N–H and O–H groups in total. The van der Waals surface area contributed by atoms with Gasteiger partial charge in [-0.05, 0) is 27.7 Å². The number of aromatic nitrogens is 3. The smallest absolute Gasteiger partial charge is 0.249 e. The van der Waals surface area contributed by atoms with Gasteiger partial charge < -0.3 is 9.84 Å². The quantitative estimate of drug-likeness (QED) is 0.939. The van der Waals surface area contributed by atoms with E-state index < -0.39 is 6.04 Å². The van der Waals surface area contributed by atoms with Crippen LogP contribution in [-0.4, -0.2) is 20.8 Å². The number of anilines is 1. The van der Waals surface area contributed by atoms with Gasteiger partial charge in [-0.15, -0.1) is 0 Å². The molecule has 1 atom stereocenters. The maximum atomic E-state index is 12.2. The SMILES string of the molecule is Cc1nn(C(C)C(=O)Nc2c(C)noc2C)cc1Cl. The highest BCUT2D eigenvalue weighted by Gasteiger charge is 2.20. The van der Waals surface area contributed by atoms with E-state index >= 15 is 0 Å². The standard InChI is InChI=1S/C12H15ClN4O2/c1-6-10(13)5-17(15-6)8(3)12(18)14-11-7(2)16-19-9(11)4/h5,8H,1-4H3,(H,14,18). The van der Waals surface area contributed by atoms with Crippen molar-refractivity contribution in [3.05, 3.63) is 28.4 Å². The highest BCUT2D eigenvalue weighted by Crippen LogP contribution is 2.21. The van der Waals surface area contributed by atoms with E-state index in [2.05, 4.69) is 15.6 Å². The van der Waals surface area contributed by atoms with Crippen molar-refractivity contribution in [2.24, 2.45) is 0 Å². The van der Waals surface area contributed by atoms with Crippen molar-refractivity contribution in [3.8, 4) is 0 Å². The van der Waals surface area contributed by atoms with Crippen LogP contribution >= 0.6 is 11.6 Å². The maximum Gasteiger partial charge on any atom is 0.249 e. The first-order valence-electron chi connectivity index (χ1n) is 5.85. The molecule has 2 rings (SSSR count). The minimum Gasteiger partial charge on any atom is -0.359 e. The topological polar surface area (TPSA) is 73.0 Å². The number of hydrogen-bond donors (Lipinski definition) is 1. The summed E-state index contributed by atoms with van der Waals surface area (Å²) in [5.41, 5.74) is 1.94. The molecular weight excluding hydrogens is 268 g/mol. The minimum atomic E-state index is -0.472. The molecule has 2 aromatic rings. The summed E-state index contributed by atoms with van der Waals surface area (Å²) in [4.78, 5) is 12.2. The molecule has 6 nitrogen and oxygen atoms in total. The van der Waals surface area contributed by atoms with Crippen molar-refractivity contribution < 1.29 is 9.32 Å². The van der Waals surface area contributed by atoms with Gasteiger partial charge in [0, 0.05) is 6.20 Å². The average Bonchev–Trinajstić information content (AvgIpc) is 2.85. The third-order valence-corrected chi connectivity index (χ3v) is 3.29. The number of halogens is 1. The summed E-state index contributed by atoms with van der Waals surface area (Å²) in [6.45, 7) is 7.05. The van der Waals surface area contributed by atoms with E-state index in [0.29, 0.717) is 27.9 Å². The third kappa shape index (κ3) is 2.63. The lowest BCUT2D eigenvalue weighted by Gasteiger charge is -2.12. The van der Waals surface area contributed by atoms with Gasteiger partial charge in [-0.25, -0.2) is 0 Å². The average molecular weight is 283 g/mol. The fourth-order valence-electron chi connectivity index (χ4n) is 1.67. The van der Waals surface area contributed by atoms with Crippen LogP contribution in [0.15, 0.2) is 10.7 Å². The largest absolute Gasteiger partial charge is 0.359 e. The molecule has 1 unspecified atom stereocenters. The molecule has 0 spiro atoms. The van der Waals surface area contributed by atoms with Gasteiger partial charge in [0.25, 0.3) is 0 Å². The molecule has 102 valence electrons. The van der Waals surface area contributed by atoms with Crippen molar-refractivity contribution in [1.82, 2.24) is 14.9 Å². The highest BCUT2D eigenvalue weighted by molar-refractivity contribution is 6.31. The molecule has 1 amide bonds. The molecular formula is C12H15ClN4O2. The summed E-state index contributed by atoms with van der Waals surface area (Å²) in [6.07, 6.45) is 1.63. The maximum absolute atomic E-state index is 12.2. The van der Waals surface area contributed by atoms with Crippen LogP contribution in [0.2, 0.25) is 5.02 Å². The first-order valence-corrected chi connectivity index (χ1v) is 6.23. The molecule has 0 bridgehead atoms. The van der Waals surface area contributed by atoms with Gasteiger partial charge in [0.2, 0.25) is 5.91 Å². The summed E-state index contributed by atoms with van der Waals surface area (Å²) in [6, 6.07) is -0.472. The zero-order valence-corrected chi connectivity index (χ0v) is 11.9. The monoisotopic (exact) mass is 282 g/mol. The Hall–Kier alpha value is -1.82. The first kappa shape index (κ1) is 13.6. The Labute approximate surface area is 115 Å². The summed E-state index contributed by atoms with van der Waals surface area (Å²) >= 11 is 5.93. The van der Waals surface area contributed by atoms with Crippen LogP contribution in [0, 0.1) is 20.8 Å². The lowest BCUT2D eigenvalue weighted by molar-refractivity contribution is -0.119. The zero-order chi connectivity index (χ0) is 14.2. The Morgan fingerprint density at radius 3 is 2.58 bits per heavy atom. The molecule has 0 saturated heterocycles. The van der Waals surface area contributed by atoms with Crippen LogP contribution in [0.1, 0.15) is 30.1 Å². The summed E-state index contributed by atoms with van der Waals surface area (Å²) in [7, 11) is 0. The second-order valence-electron chi connectivity index (χ2n) is 4.41. The fraction of sp³-hybridized carbons (Fsp3) is 0.417. The van der Waals surface area contributed by atoms with Crippen LogP contribution in [0.5, 0.6) is 0 Å². The predicted molar refractivity (Wildman–Crippen MR) is 71.3 cm³/mol. The van der Waals surface area contributed by atoms with Gasteiger partial charge in [-0.3, -0.25) is 9.48 Å². The van der Waals surface area contributed by atoms with Gasteiger partial charge in [0.05, 0.1) is 10.7 Å². The molecule has 19 heavy (non-hydrogen) atoms. The molecule has 0 radical (unpaired) electrons. The van der Waals surface area contributed by atoms with Crippen LogP contribution in [-0.2, 0) is 4.79 Å². The fourth-order valence-corrected chi connectivity index (χ4v) is 1.80. The number of carbonyl (C=O) groups is 1. The zero-order valence-electron chi connectivity index (χ0n) is 11.2. The second kappa shape index (κ2) is 5.05. The molecule has 0 aliphatic heterocycles. The van der Waals surface area contributed by atoms with Gasteiger partial charge in [-0.2, -0.15) is 5.10 Å². The van der Waals surface area contributed by atoms with Crippen LogP contribution < -0.4 is 5.32 Å². The van der Waals surface area contributed by atoms with Crippen LogP contribution in [0.4, 0.5) is 5.69 Å². The molecule has 0 saturated carbocycles. The number of nitrogens with zero attached hydrogens (tertiary/aromatic N) is 3. The minimum absolute atomic E-state index is 0.200. The number of hydrogen-bond acceptors (Lipinski definition) is 4. The summed E-state index contributed by atoms with van der Waals surface area (Å²) in [5.74, 6) is 0.376. The van der Waals surface area contributed by atoms with Gasteiger partial charge in [0.15, 0.2) is 5.76 Å². The van der Waals surface area contributed by atoms with E-state index in [-0.39, 0.29) is 5.91 Å². The van der Waals surface area contributed by atoms with E-state index in [4.69, 9.17) is 16.1 Å². The Morgan fingerprint density at radius 2 is 2.11 bits per heavy atom. The summed E-state index contributed by atoms with van der Waals surface area (Å²) in [5, 5.41) is 11.3. The molecule has 7 heteroatoms. The third-order valence-electron chi connectivity index (χ3n) is 2.91. The predicted octanol–water partition coefficient (Wildman–Crippen LogP) is 2.65. The first-order chi connectivity index (χ1) is 8.90. The Morgan fingerprint density at radius 1 is 1.42 bits per heavy atom. The van der Waals surface area contributed by atoms with Crippen LogP contribution in [0.3, 0.4) is 0 Å². The molecule has 0 fully saturated rings. The summed E-state index contributed by atoms with van der Waals surface area (Å²) < 4.78 is 6.53. The van der Waals surface area contributed by atoms with Gasteiger partial charge >= 0.3 is 0 Å². The highest BCUT2D eigenvalue weighted by atomic mass is 35.5. The van der Waals surface area contributed by atoms with Crippen molar-refractivity contribution in [3.63, 3.8) is 0 Å². The normalized spacial score (nSPS) is 12.5. The van der Waals surface area contributed by atoms with E-state index in [1.165, 1.54) is 4.68 Å². The van der Waals surface area contributed by atoms with Crippen molar-refractivity contribution >= 4 is 23.2 Å². The number of aryl methyl sites for hydroxylation is 3. The van der Waals surface area contributed by atoms with Crippen molar-refractivity contribution in [2.75, 3.05) is 5.32 Å². The molecule has 2 heterocycles. The van der Waals surface area contributed by atoms with Crippen LogP contribution in [0.25, 0.3) is 0 Å². The Balaban J connectivity index is 2.16.